The fraction of sp³-hybridized carbons (Fsp3) is 0.500. The van der Waals surface area contributed by atoms with Crippen LogP contribution in [0.15, 0.2) is 24.3 Å². The molecule has 1 fully saturated rings. The minimum Gasteiger partial charge on any atom is -0.497 e. The van der Waals surface area contributed by atoms with Crippen molar-refractivity contribution in [3.8, 4) is 5.75 Å². The molecule has 1 aromatic rings. The zero-order valence-electron chi connectivity index (χ0n) is 9.41. The summed E-state index contributed by atoms with van der Waals surface area (Å²) < 4.78 is 11.0. The van der Waals surface area contributed by atoms with Crippen molar-refractivity contribution in [2.75, 3.05) is 13.7 Å². The molecule has 2 rings (SSSR count). The van der Waals surface area contributed by atoms with Gasteiger partial charge in [-0.15, -0.1) is 0 Å². The van der Waals surface area contributed by atoms with Gasteiger partial charge in [0.25, 0.3) is 0 Å². The van der Waals surface area contributed by atoms with Crippen molar-refractivity contribution < 1.29 is 9.47 Å². The van der Waals surface area contributed by atoms with Gasteiger partial charge >= 0.3 is 0 Å². The van der Waals surface area contributed by atoms with E-state index in [1.807, 2.05) is 24.3 Å². The third-order valence-electron chi connectivity index (χ3n) is 2.80. The van der Waals surface area contributed by atoms with Crippen LogP contribution < -0.4 is 10.1 Å². The topological polar surface area (TPSA) is 30.5 Å². The molecular formula is C12H17NO2. The van der Waals surface area contributed by atoms with Crippen molar-refractivity contribution in [2.24, 2.45) is 0 Å². The fourth-order valence-electron chi connectivity index (χ4n) is 1.90. The van der Waals surface area contributed by atoms with Gasteiger partial charge in [0.05, 0.1) is 13.2 Å². The van der Waals surface area contributed by atoms with Gasteiger partial charge in [-0.1, -0.05) is 12.1 Å². The Morgan fingerprint density at radius 1 is 1.40 bits per heavy atom. The maximum Gasteiger partial charge on any atom is 0.142 e. The Bertz CT molecular complexity index is 336. The Hall–Kier alpha value is -1.06. The molecular weight excluding hydrogens is 190 g/mol. The first-order chi connectivity index (χ1) is 7.14. The summed E-state index contributed by atoms with van der Waals surface area (Å²) in [5, 5.41) is 3.37. The monoisotopic (exact) mass is 207 g/mol. The van der Waals surface area contributed by atoms with E-state index >= 15 is 0 Å². The van der Waals surface area contributed by atoms with E-state index in [0.29, 0.717) is 0 Å². The van der Waals surface area contributed by atoms with Crippen LogP contribution in [0.1, 0.15) is 19.4 Å². The molecule has 0 aromatic heterocycles. The van der Waals surface area contributed by atoms with E-state index < -0.39 is 0 Å². The van der Waals surface area contributed by atoms with Crippen LogP contribution in [0.3, 0.4) is 0 Å². The summed E-state index contributed by atoms with van der Waals surface area (Å²) in [7, 11) is 1.67. The molecule has 1 aliphatic rings. The quantitative estimate of drug-likeness (QED) is 0.803. The molecule has 1 heterocycles. The van der Waals surface area contributed by atoms with Gasteiger partial charge in [-0.05, 0) is 31.5 Å². The summed E-state index contributed by atoms with van der Waals surface area (Å²) in [6, 6.07) is 7.97. The van der Waals surface area contributed by atoms with Crippen molar-refractivity contribution in [1.29, 1.82) is 0 Å². The van der Waals surface area contributed by atoms with Crippen molar-refractivity contribution >= 4 is 0 Å². The van der Waals surface area contributed by atoms with E-state index in [0.717, 1.165) is 17.9 Å². The van der Waals surface area contributed by atoms with Gasteiger partial charge in [0.15, 0.2) is 0 Å². The summed E-state index contributed by atoms with van der Waals surface area (Å²) in [6.07, 6.45) is 0.261. The number of hydrogen-bond acceptors (Lipinski definition) is 3. The SMILES string of the molecule is COc1ccc(C2(C)NCC(C)O2)cc1. The van der Waals surface area contributed by atoms with E-state index in [2.05, 4.69) is 19.2 Å². The van der Waals surface area contributed by atoms with E-state index in [-0.39, 0.29) is 11.8 Å². The maximum absolute atomic E-state index is 5.86. The lowest BCUT2D eigenvalue weighted by Gasteiger charge is -2.24. The molecule has 1 aromatic carbocycles. The van der Waals surface area contributed by atoms with Gasteiger partial charge in [0, 0.05) is 6.54 Å². The van der Waals surface area contributed by atoms with Crippen LogP contribution >= 0.6 is 0 Å². The average molecular weight is 207 g/mol. The van der Waals surface area contributed by atoms with Crippen LogP contribution in [0.4, 0.5) is 0 Å². The third kappa shape index (κ3) is 1.98. The number of nitrogens with one attached hydrogen (secondary N) is 1. The summed E-state index contributed by atoms with van der Waals surface area (Å²) in [4.78, 5) is 0. The Kier molecular flexibility index (Phi) is 2.67. The van der Waals surface area contributed by atoms with Crippen LogP contribution in [0.2, 0.25) is 0 Å². The zero-order chi connectivity index (χ0) is 10.9. The van der Waals surface area contributed by atoms with Gasteiger partial charge < -0.3 is 9.47 Å². The van der Waals surface area contributed by atoms with Crippen molar-refractivity contribution in [2.45, 2.75) is 25.7 Å². The van der Waals surface area contributed by atoms with Crippen LogP contribution in [-0.2, 0) is 10.5 Å². The predicted molar refractivity (Wildman–Crippen MR) is 58.9 cm³/mol. The lowest BCUT2D eigenvalue weighted by Crippen LogP contribution is -2.34. The standard InChI is InChI=1S/C12H17NO2/c1-9-8-13-12(2,15-9)10-4-6-11(14-3)7-5-10/h4-7,9,13H,8H2,1-3H3. The molecule has 0 aliphatic carbocycles. The highest BCUT2D eigenvalue weighted by Crippen LogP contribution is 2.29. The minimum atomic E-state index is -0.355. The van der Waals surface area contributed by atoms with E-state index in [1.165, 1.54) is 0 Å². The largest absolute Gasteiger partial charge is 0.497 e. The lowest BCUT2D eigenvalue weighted by molar-refractivity contribution is -0.0343. The molecule has 3 heteroatoms. The lowest BCUT2D eigenvalue weighted by atomic mass is 10.1. The smallest absolute Gasteiger partial charge is 0.142 e. The first-order valence-electron chi connectivity index (χ1n) is 5.21. The van der Waals surface area contributed by atoms with E-state index in [1.54, 1.807) is 7.11 Å². The molecule has 1 aliphatic heterocycles. The highest BCUT2D eigenvalue weighted by atomic mass is 16.5. The summed E-state index contributed by atoms with van der Waals surface area (Å²) in [5.74, 6) is 0.869. The first kappa shape index (κ1) is 10.5. The number of methoxy groups -OCH3 is 1. The minimum absolute atomic E-state index is 0.261. The average Bonchev–Trinajstić information content (AvgIpc) is 2.60. The summed E-state index contributed by atoms with van der Waals surface area (Å²) in [5.41, 5.74) is 0.777. The normalized spacial score (nSPS) is 30.5. The van der Waals surface area contributed by atoms with E-state index in [9.17, 15) is 0 Å². The zero-order valence-corrected chi connectivity index (χ0v) is 9.41. The molecule has 1 saturated heterocycles. The van der Waals surface area contributed by atoms with Gasteiger partial charge in [-0.3, -0.25) is 5.32 Å². The molecule has 0 spiro atoms. The van der Waals surface area contributed by atoms with Gasteiger partial charge in [0.1, 0.15) is 11.5 Å². The number of benzene rings is 1. The highest BCUT2D eigenvalue weighted by Gasteiger charge is 2.34. The van der Waals surface area contributed by atoms with Crippen molar-refractivity contribution in [3.63, 3.8) is 0 Å². The fourth-order valence-corrected chi connectivity index (χ4v) is 1.90. The molecule has 82 valence electrons. The number of ether oxygens (including phenoxy) is 2. The third-order valence-corrected chi connectivity index (χ3v) is 2.80. The molecule has 1 N–H and O–H groups in total. The summed E-state index contributed by atoms with van der Waals surface area (Å²) >= 11 is 0. The Morgan fingerprint density at radius 2 is 2.07 bits per heavy atom. The Balaban J connectivity index is 2.22. The Morgan fingerprint density at radius 3 is 2.53 bits per heavy atom. The van der Waals surface area contributed by atoms with Crippen molar-refractivity contribution in [1.82, 2.24) is 5.32 Å². The second kappa shape index (κ2) is 3.83. The van der Waals surface area contributed by atoms with Crippen molar-refractivity contribution in [3.05, 3.63) is 29.8 Å². The van der Waals surface area contributed by atoms with Crippen LogP contribution in [0, 0.1) is 0 Å². The van der Waals surface area contributed by atoms with Crippen LogP contribution in [0.5, 0.6) is 5.75 Å². The molecule has 2 unspecified atom stereocenters. The number of rotatable bonds is 2. The maximum atomic E-state index is 5.86. The van der Waals surface area contributed by atoms with Crippen LogP contribution in [-0.4, -0.2) is 19.8 Å². The second-order valence-corrected chi connectivity index (χ2v) is 4.07. The second-order valence-electron chi connectivity index (χ2n) is 4.07. The molecule has 0 bridgehead atoms. The predicted octanol–water partition coefficient (Wildman–Crippen LogP) is 1.88. The number of hydrogen-bond donors (Lipinski definition) is 1. The Labute approximate surface area is 90.4 Å². The van der Waals surface area contributed by atoms with Gasteiger partial charge in [-0.25, -0.2) is 0 Å². The molecule has 0 saturated carbocycles. The molecule has 0 amide bonds. The molecule has 3 nitrogen and oxygen atoms in total. The van der Waals surface area contributed by atoms with E-state index in [4.69, 9.17) is 9.47 Å². The molecule has 15 heavy (non-hydrogen) atoms. The molecule has 0 radical (unpaired) electrons. The summed E-state index contributed by atoms with van der Waals surface area (Å²) in [6.45, 7) is 5.02. The van der Waals surface area contributed by atoms with Crippen LogP contribution in [0.25, 0.3) is 0 Å². The molecule has 2 atom stereocenters. The highest BCUT2D eigenvalue weighted by molar-refractivity contribution is 5.30. The van der Waals surface area contributed by atoms with Gasteiger partial charge in [0.2, 0.25) is 0 Å². The first-order valence-corrected chi connectivity index (χ1v) is 5.21. The van der Waals surface area contributed by atoms with Gasteiger partial charge in [-0.2, -0.15) is 0 Å².